The van der Waals surface area contributed by atoms with Crippen LogP contribution in [-0.2, 0) is 16.3 Å². The van der Waals surface area contributed by atoms with Gasteiger partial charge in [0.25, 0.3) is 0 Å². The van der Waals surface area contributed by atoms with Gasteiger partial charge in [0.05, 0.1) is 41.0 Å². The van der Waals surface area contributed by atoms with Gasteiger partial charge in [-0.25, -0.2) is 18.7 Å². The first-order valence-electron chi connectivity index (χ1n) is 9.87. The Hall–Kier alpha value is -2.75. The predicted octanol–water partition coefficient (Wildman–Crippen LogP) is 3.13. The third kappa shape index (κ3) is 4.38. The summed E-state index contributed by atoms with van der Waals surface area (Å²) in [5, 5.41) is 7.02. The third-order valence-corrected chi connectivity index (χ3v) is 6.30. The molecule has 164 valence electrons. The maximum atomic E-state index is 13.2. The minimum absolute atomic E-state index is 0.0353. The van der Waals surface area contributed by atoms with Gasteiger partial charge < -0.3 is 14.8 Å². The highest BCUT2D eigenvalue weighted by Crippen LogP contribution is 2.34. The lowest BCUT2D eigenvalue weighted by Gasteiger charge is -2.21. The van der Waals surface area contributed by atoms with E-state index in [-0.39, 0.29) is 16.7 Å². The molecule has 1 aliphatic rings. The summed E-state index contributed by atoms with van der Waals surface area (Å²) in [5.41, 5.74) is 2.15. The number of urea groups is 1. The molecule has 3 heterocycles. The fourth-order valence-electron chi connectivity index (χ4n) is 3.29. The topological polar surface area (TPSA) is 107 Å². The fourth-order valence-corrected chi connectivity index (χ4v) is 4.41. The van der Waals surface area contributed by atoms with Crippen LogP contribution in [0.5, 0.6) is 11.8 Å². The van der Waals surface area contributed by atoms with Crippen LogP contribution in [0, 0.1) is 0 Å². The molecule has 1 atom stereocenters. The highest BCUT2D eigenvalue weighted by atomic mass is 32.2. The number of aryl methyl sites for hydroxylation is 1. The average molecular weight is 436 g/mol. The van der Waals surface area contributed by atoms with Gasteiger partial charge in [0.1, 0.15) is 4.90 Å². The van der Waals surface area contributed by atoms with E-state index in [1.165, 1.54) is 6.20 Å². The lowest BCUT2D eigenvalue weighted by atomic mass is 9.97. The minimum Gasteiger partial charge on any atom is -0.481 e. The first kappa shape index (κ1) is 21.9. The van der Waals surface area contributed by atoms with Crippen LogP contribution < -0.4 is 19.5 Å². The zero-order valence-electron chi connectivity index (χ0n) is 18.0. The minimum atomic E-state index is -3.17. The zero-order chi connectivity index (χ0) is 22.1. The molecule has 0 bridgehead atoms. The molecule has 1 unspecified atom stereocenters. The van der Waals surface area contributed by atoms with Crippen LogP contribution in [0.4, 0.5) is 10.5 Å². The summed E-state index contributed by atoms with van der Waals surface area (Å²) in [4.78, 5) is 17.6. The monoisotopic (exact) mass is 435 g/mol. The van der Waals surface area contributed by atoms with E-state index in [2.05, 4.69) is 26.0 Å². The number of aromatic nitrogens is 3. The zero-order valence-corrected chi connectivity index (χ0v) is 18.8. The van der Waals surface area contributed by atoms with Crippen molar-refractivity contribution in [2.75, 3.05) is 19.0 Å². The maximum Gasteiger partial charge on any atom is 0.330 e. The molecule has 30 heavy (non-hydrogen) atoms. The first-order valence-corrected chi connectivity index (χ1v) is 11.6. The van der Waals surface area contributed by atoms with Crippen molar-refractivity contribution in [3.05, 3.63) is 23.5 Å². The molecule has 0 saturated carbocycles. The Morgan fingerprint density at radius 3 is 2.70 bits per heavy atom. The SMILES string of the molecule is C=S(=O)(NC(=O)Nc1c(C(C)C)cc(OC)nc1C(C)C)c1cnn2c1OCCC2. The van der Waals surface area contributed by atoms with E-state index in [1.54, 1.807) is 17.9 Å². The number of methoxy groups -OCH3 is 1. The average Bonchev–Trinajstić information content (AvgIpc) is 3.12. The van der Waals surface area contributed by atoms with E-state index in [4.69, 9.17) is 9.47 Å². The van der Waals surface area contributed by atoms with E-state index >= 15 is 0 Å². The molecule has 2 aromatic rings. The third-order valence-electron chi connectivity index (χ3n) is 4.80. The van der Waals surface area contributed by atoms with E-state index in [0.717, 1.165) is 12.0 Å². The van der Waals surface area contributed by atoms with Gasteiger partial charge in [-0.3, -0.25) is 4.72 Å². The summed E-state index contributed by atoms with van der Waals surface area (Å²) in [5.74, 6) is 4.74. The number of carbonyl (C=O) groups is 1. The van der Waals surface area contributed by atoms with Crippen molar-refractivity contribution in [2.45, 2.75) is 57.4 Å². The predicted molar refractivity (Wildman–Crippen MR) is 117 cm³/mol. The van der Waals surface area contributed by atoms with Crippen LogP contribution in [0.3, 0.4) is 0 Å². The molecule has 1 aliphatic heterocycles. The molecule has 0 aliphatic carbocycles. The lowest BCUT2D eigenvalue weighted by Crippen LogP contribution is -2.35. The van der Waals surface area contributed by atoms with E-state index in [9.17, 15) is 9.00 Å². The van der Waals surface area contributed by atoms with E-state index in [0.29, 0.717) is 36.3 Å². The molecule has 2 aromatic heterocycles. The van der Waals surface area contributed by atoms with Gasteiger partial charge in [-0.15, -0.1) is 0 Å². The summed E-state index contributed by atoms with van der Waals surface area (Å²) in [6, 6.07) is 1.16. The van der Waals surface area contributed by atoms with Crippen molar-refractivity contribution in [2.24, 2.45) is 0 Å². The number of fused-ring (bicyclic) bond motifs is 1. The fraction of sp³-hybridized carbons (Fsp3) is 0.500. The van der Waals surface area contributed by atoms with E-state index in [1.807, 2.05) is 27.7 Å². The van der Waals surface area contributed by atoms with Crippen LogP contribution in [0.15, 0.2) is 17.2 Å². The van der Waals surface area contributed by atoms with Gasteiger partial charge in [-0.1, -0.05) is 27.7 Å². The van der Waals surface area contributed by atoms with Crippen LogP contribution in [0.25, 0.3) is 0 Å². The number of carbonyl (C=O) groups excluding carboxylic acids is 1. The smallest absolute Gasteiger partial charge is 0.330 e. The largest absolute Gasteiger partial charge is 0.481 e. The molecule has 2 amide bonds. The summed E-state index contributed by atoms with van der Waals surface area (Å²) >= 11 is 0. The molecule has 2 N–H and O–H groups in total. The van der Waals surface area contributed by atoms with Gasteiger partial charge >= 0.3 is 6.03 Å². The number of rotatable bonds is 6. The second-order valence-electron chi connectivity index (χ2n) is 7.79. The van der Waals surface area contributed by atoms with Gasteiger partial charge in [0, 0.05) is 19.0 Å². The van der Waals surface area contributed by atoms with Crippen LogP contribution in [0.2, 0.25) is 0 Å². The number of nitrogens with one attached hydrogen (secondary N) is 2. The molecule has 0 aromatic carbocycles. The Morgan fingerprint density at radius 1 is 1.33 bits per heavy atom. The quantitative estimate of drug-likeness (QED) is 0.675. The summed E-state index contributed by atoms with van der Waals surface area (Å²) in [7, 11) is -1.61. The van der Waals surface area contributed by atoms with Crippen LogP contribution >= 0.6 is 0 Å². The Bertz CT molecular complexity index is 1010. The van der Waals surface area contributed by atoms with Gasteiger partial charge in [0.2, 0.25) is 11.8 Å². The van der Waals surface area contributed by atoms with Crippen molar-refractivity contribution in [1.82, 2.24) is 19.5 Å². The second kappa shape index (κ2) is 8.55. The Kier molecular flexibility index (Phi) is 6.25. The highest BCUT2D eigenvalue weighted by Gasteiger charge is 2.25. The number of hydrogen-bond donors (Lipinski definition) is 2. The molecule has 0 radical (unpaired) electrons. The first-order chi connectivity index (χ1) is 14.1. The number of nitrogens with zero attached hydrogens (tertiary/aromatic N) is 3. The summed E-state index contributed by atoms with van der Waals surface area (Å²) in [6.07, 6.45) is 2.26. The molecule has 9 nitrogen and oxygen atoms in total. The second-order valence-corrected chi connectivity index (χ2v) is 9.79. The Labute approximate surface area is 177 Å². The van der Waals surface area contributed by atoms with Crippen molar-refractivity contribution < 1.29 is 18.5 Å². The molecule has 0 fully saturated rings. The maximum absolute atomic E-state index is 13.2. The number of anilines is 1. The number of amides is 2. The molecule has 10 heteroatoms. The van der Waals surface area contributed by atoms with Crippen molar-refractivity contribution in [1.29, 1.82) is 0 Å². The molecule has 0 saturated heterocycles. The normalized spacial score (nSPS) is 15.3. The standard InChI is InChI=1S/C20H29N5O4S/c1-12(2)14-10-16(28-5)22-17(13(3)4)18(14)23-20(26)24-30(6,27)15-11-21-25-8-7-9-29-19(15)25/h10-13H,6-9H2,1-5H3,(H2,23,24,26,27). The Morgan fingerprint density at radius 2 is 2.07 bits per heavy atom. The number of hydrogen-bond acceptors (Lipinski definition) is 6. The molecular weight excluding hydrogens is 406 g/mol. The molecular formula is C20H29N5O4S. The molecule has 0 spiro atoms. The van der Waals surface area contributed by atoms with Crippen LogP contribution in [-0.4, -0.2) is 44.6 Å². The lowest BCUT2D eigenvalue weighted by molar-refractivity contribution is 0.224. The van der Waals surface area contributed by atoms with Gasteiger partial charge in [-0.05, 0) is 23.3 Å². The van der Waals surface area contributed by atoms with Crippen molar-refractivity contribution in [3.63, 3.8) is 0 Å². The summed E-state index contributed by atoms with van der Waals surface area (Å²) < 4.78 is 28.2. The Balaban J connectivity index is 1.90. The number of ether oxygens (including phenoxy) is 2. The van der Waals surface area contributed by atoms with Gasteiger partial charge in [0.15, 0.2) is 0 Å². The molecule has 3 rings (SSSR count). The van der Waals surface area contributed by atoms with Crippen LogP contribution in [0.1, 0.15) is 57.2 Å². The van der Waals surface area contributed by atoms with E-state index < -0.39 is 15.7 Å². The van der Waals surface area contributed by atoms with Gasteiger partial charge in [-0.2, -0.15) is 5.10 Å². The summed E-state index contributed by atoms with van der Waals surface area (Å²) in [6.45, 7) is 9.18. The van der Waals surface area contributed by atoms with Crippen molar-refractivity contribution in [3.8, 4) is 11.8 Å². The number of pyridine rings is 1. The highest BCUT2D eigenvalue weighted by molar-refractivity contribution is 7.99. The van der Waals surface area contributed by atoms with Crippen molar-refractivity contribution >= 4 is 27.3 Å².